The molecule has 1 amide bonds. The van der Waals surface area contributed by atoms with Gasteiger partial charge in [0.05, 0.1) is 5.56 Å². The van der Waals surface area contributed by atoms with Crippen molar-refractivity contribution in [3.05, 3.63) is 36.4 Å². The molecule has 1 aliphatic rings. The first-order chi connectivity index (χ1) is 9.11. The molecule has 0 bridgehead atoms. The molecule has 19 heavy (non-hydrogen) atoms. The number of benzene rings is 1. The van der Waals surface area contributed by atoms with E-state index in [-0.39, 0.29) is 18.1 Å². The van der Waals surface area contributed by atoms with E-state index in [9.17, 15) is 9.59 Å². The summed E-state index contributed by atoms with van der Waals surface area (Å²) in [6.07, 6.45) is 2.87. The number of carbonyl (C=O) groups is 2. The van der Waals surface area contributed by atoms with E-state index in [1.165, 1.54) is 12.1 Å². The Morgan fingerprint density at radius 3 is 2.84 bits per heavy atom. The molecule has 0 saturated carbocycles. The lowest BCUT2D eigenvalue weighted by atomic mass is 10.1. The monoisotopic (exact) mass is 261 g/mol. The van der Waals surface area contributed by atoms with Crippen LogP contribution < -0.4 is 9.64 Å². The van der Waals surface area contributed by atoms with Crippen molar-refractivity contribution < 1.29 is 19.4 Å². The minimum absolute atomic E-state index is 0.0113. The zero-order valence-electron chi connectivity index (χ0n) is 10.5. The SMILES string of the molecule is C=CCOc1cc(C(=O)O)cc(N2CCCC2=O)c1. The summed E-state index contributed by atoms with van der Waals surface area (Å²) >= 11 is 0. The van der Waals surface area contributed by atoms with Crippen molar-refractivity contribution in [3.63, 3.8) is 0 Å². The van der Waals surface area contributed by atoms with E-state index in [1.54, 1.807) is 17.0 Å². The van der Waals surface area contributed by atoms with Crippen LogP contribution in [0.2, 0.25) is 0 Å². The Kier molecular flexibility index (Phi) is 3.85. The van der Waals surface area contributed by atoms with Crippen LogP contribution in [0.5, 0.6) is 5.75 Å². The van der Waals surface area contributed by atoms with E-state index in [4.69, 9.17) is 9.84 Å². The number of carboxylic acid groups (broad SMARTS) is 1. The average molecular weight is 261 g/mol. The Morgan fingerprint density at radius 1 is 1.47 bits per heavy atom. The fourth-order valence-electron chi connectivity index (χ4n) is 2.02. The van der Waals surface area contributed by atoms with Gasteiger partial charge in [-0.25, -0.2) is 4.79 Å². The number of aromatic carboxylic acids is 1. The van der Waals surface area contributed by atoms with E-state index in [1.807, 2.05) is 0 Å². The van der Waals surface area contributed by atoms with E-state index >= 15 is 0 Å². The Labute approximate surface area is 111 Å². The Balaban J connectivity index is 2.35. The van der Waals surface area contributed by atoms with Gasteiger partial charge in [-0.05, 0) is 18.6 Å². The molecule has 1 heterocycles. The molecule has 0 radical (unpaired) electrons. The van der Waals surface area contributed by atoms with Crippen LogP contribution in [0, 0.1) is 0 Å². The molecule has 0 aliphatic carbocycles. The first-order valence-corrected chi connectivity index (χ1v) is 6.04. The fourth-order valence-corrected chi connectivity index (χ4v) is 2.02. The van der Waals surface area contributed by atoms with Gasteiger partial charge in [0, 0.05) is 24.7 Å². The molecule has 0 atom stereocenters. The topological polar surface area (TPSA) is 66.8 Å². The van der Waals surface area contributed by atoms with E-state index in [0.717, 1.165) is 6.42 Å². The van der Waals surface area contributed by atoms with Crippen molar-refractivity contribution in [1.29, 1.82) is 0 Å². The fraction of sp³-hybridized carbons (Fsp3) is 0.286. The number of hydrogen-bond donors (Lipinski definition) is 1. The van der Waals surface area contributed by atoms with Crippen LogP contribution in [0.1, 0.15) is 23.2 Å². The summed E-state index contributed by atoms with van der Waals surface area (Å²) in [6.45, 7) is 4.44. The molecule has 1 N–H and O–H groups in total. The highest BCUT2D eigenvalue weighted by Crippen LogP contribution is 2.27. The highest BCUT2D eigenvalue weighted by atomic mass is 16.5. The molecule has 1 aromatic rings. The van der Waals surface area contributed by atoms with Crippen molar-refractivity contribution in [2.45, 2.75) is 12.8 Å². The number of amides is 1. The van der Waals surface area contributed by atoms with Gasteiger partial charge in [-0.3, -0.25) is 4.79 Å². The summed E-state index contributed by atoms with van der Waals surface area (Å²) in [5, 5.41) is 9.09. The predicted molar refractivity (Wildman–Crippen MR) is 70.7 cm³/mol. The Hall–Kier alpha value is -2.30. The van der Waals surface area contributed by atoms with Gasteiger partial charge in [-0.15, -0.1) is 0 Å². The van der Waals surface area contributed by atoms with Crippen LogP contribution in [0.25, 0.3) is 0 Å². The third kappa shape index (κ3) is 2.93. The molecular weight excluding hydrogens is 246 g/mol. The molecule has 0 unspecified atom stereocenters. The lowest BCUT2D eigenvalue weighted by Gasteiger charge is -2.17. The minimum Gasteiger partial charge on any atom is -0.489 e. The van der Waals surface area contributed by atoms with Crippen molar-refractivity contribution in [2.24, 2.45) is 0 Å². The molecule has 100 valence electrons. The van der Waals surface area contributed by atoms with E-state index < -0.39 is 5.97 Å². The molecular formula is C14H15NO4. The van der Waals surface area contributed by atoms with Gasteiger partial charge in [0.25, 0.3) is 0 Å². The summed E-state index contributed by atoms with van der Waals surface area (Å²) in [6, 6.07) is 4.61. The maximum absolute atomic E-state index is 11.7. The van der Waals surface area contributed by atoms with Crippen LogP contribution in [-0.2, 0) is 4.79 Å². The van der Waals surface area contributed by atoms with Crippen LogP contribution in [0.4, 0.5) is 5.69 Å². The number of hydrogen-bond acceptors (Lipinski definition) is 3. The van der Waals surface area contributed by atoms with Gasteiger partial charge >= 0.3 is 5.97 Å². The van der Waals surface area contributed by atoms with Gasteiger partial charge in [0.2, 0.25) is 5.91 Å². The van der Waals surface area contributed by atoms with Crippen molar-refractivity contribution in [3.8, 4) is 5.75 Å². The second kappa shape index (κ2) is 5.56. The lowest BCUT2D eigenvalue weighted by molar-refractivity contribution is -0.117. The van der Waals surface area contributed by atoms with Gasteiger partial charge in [0.15, 0.2) is 0 Å². The Bertz CT molecular complexity index is 524. The number of anilines is 1. The molecule has 0 spiro atoms. The van der Waals surface area contributed by atoms with Crippen molar-refractivity contribution in [2.75, 3.05) is 18.1 Å². The zero-order chi connectivity index (χ0) is 13.8. The molecule has 1 aromatic carbocycles. The number of nitrogens with zero attached hydrogens (tertiary/aromatic N) is 1. The summed E-state index contributed by atoms with van der Waals surface area (Å²) in [7, 11) is 0. The van der Waals surface area contributed by atoms with Crippen molar-refractivity contribution >= 4 is 17.6 Å². The van der Waals surface area contributed by atoms with Crippen molar-refractivity contribution in [1.82, 2.24) is 0 Å². The van der Waals surface area contributed by atoms with Crippen LogP contribution in [-0.4, -0.2) is 30.1 Å². The van der Waals surface area contributed by atoms with Gasteiger partial charge < -0.3 is 14.7 Å². The normalized spacial score (nSPS) is 14.5. The molecule has 1 fully saturated rings. The first-order valence-electron chi connectivity index (χ1n) is 6.04. The molecule has 5 heteroatoms. The second-order valence-electron chi connectivity index (χ2n) is 4.27. The quantitative estimate of drug-likeness (QED) is 0.824. The van der Waals surface area contributed by atoms with Crippen LogP contribution >= 0.6 is 0 Å². The minimum atomic E-state index is -1.04. The maximum Gasteiger partial charge on any atom is 0.335 e. The highest BCUT2D eigenvalue weighted by molar-refractivity contribution is 5.97. The average Bonchev–Trinajstić information content (AvgIpc) is 2.82. The summed E-state index contributed by atoms with van der Waals surface area (Å²) in [5.74, 6) is -0.608. The maximum atomic E-state index is 11.7. The van der Waals surface area contributed by atoms with Gasteiger partial charge in [-0.2, -0.15) is 0 Å². The molecule has 5 nitrogen and oxygen atoms in total. The largest absolute Gasteiger partial charge is 0.489 e. The third-order valence-corrected chi connectivity index (χ3v) is 2.89. The highest BCUT2D eigenvalue weighted by Gasteiger charge is 2.23. The third-order valence-electron chi connectivity index (χ3n) is 2.89. The van der Waals surface area contributed by atoms with Gasteiger partial charge in [-0.1, -0.05) is 12.7 Å². The van der Waals surface area contributed by atoms with E-state index in [2.05, 4.69) is 6.58 Å². The zero-order valence-corrected chi connectivity index (χ0v) is 10.5. The van der Waals surface area contributed by atoms with Gasteiger partial charge in [0.1, 0.15) is 12.4 Å². The number of rotatable bonds is 5. The van der Waals surface area contributed by atoms with Crippen LogP contribution in [0.15, 0.2) is 30.9 Å². The summed E-state index contributed by atoms with van der Waals surface area (Å²) in [5.41, 5.74) is 0.678. The summed E-state index contributed by atoms with van der Waals surface area (Å²) in [4.78, 5) is 24.4. The smallest absolute Gasteiger partial charge is 0.335 e. The van der Waals surface area contributed by atoms with Crippen LogP contribution in [0.3, 0.4) is 0 Å². The predicted octanol–water partition coefficient (Wildman–Crippen LogP) is 2.08. The second-order valence-corrected chi connectivity index (χ2v) is 4.27. The molecule has 2 rings (SSSR count). The molecule has 1 saturated heterocycles. The molecule has 0 aromatic heterocycles. The first kappa shape index (κ1) is 13.1. The lowest BCUT2D eigenvalue weighted by Crippen LogP contribution is -2.24. The molecule has 1 aliphatic heterocycles. The number of carbonyl (C=O) groups excluding carboxylic acids is 1. The number of ether oxygens (including phenoxy) is 1. The summed E-state index contributed by atoms with van der Waals surface area (Å²) < 4.78 is 5.36. The Morgan fingerprint density at radius 2 is 2.26 bits per heavy atom. The number of carboxylic acids is 1. The standard InChI is InChI=1S/C14H15NO4/c1-2-6-19-12-8-10(14(17)18)7-11(9-12)15-5-3-4-13(15)16/h2,7-9H,1,3-6H2,(H,17,18). The van der Waals surface area contributed by atoms with E-state index in [0.29, 0.717) is 24.4 Å².